The maximum absolute atomic E-state index is 11.8. The summed E-state index contributed by atoms with van der Waals surface area (Å²) in [5, 5.41) is 10.4. The second-order valence-electron chi connectivity index (χ2n) is 3.10. The number of thiazole rings is 1. The van der Waals surface area contributed by atoms with Gasteiger partial charge in [-0.25, -0.2) is 4.98 Å². The Kier molecular flexibility index (Phi) is 4.24. The number of carboxylic acid groups (broad SMARTS) is 1. The van der Waals surface area contributed by atoms with Gasteiger partial charge in [-0.2, -0.15) is 0 Å². The monoisotopic (exact) mass is 243 g/mol. The minimum Gasteiger partial charge on any atom is -0.481 e. The Morgan fingerprint density at radius 3 is 2.75 bits per heavy atom. The van der Waals surface area contributed by atoms with E-state index in [1.54, 1.807) is 12.3 Å². The first kappa shape index (κ1) is 12.4. The average Bonchev–Trinajstić information content (AvgIpc) is 2.65. The standard InChI is InChI=1S/C9H13N3O3S/c1-2-12(4-3-7(13)14)8(15)6-5-16-9(10)11-6/h5H,2-4H2,1H3,(H2,10,11)(H,13,14). The van der Waals surface area contributed by atoms with Crippen LogP contribution in [0.15, 0.2) is 5.38 Å². The molecule has 0 fully saturated rings. The van der Waals surface area contributed by atoms with Gasteiger partial charge in [0.1, 0.15) is 5.69 Å². The van der Waals surface area contributed by atoms with Gasteiger partial charge >= 0.3 is 5.97 Å². The van der Waals surface area contributed by atoms with Gasteiger partial charge in [-0.05, 0) is 6.92 Å². The van der Waals surface area contributed by atoms with Gasteiger partial charge in [0.2, 0.25) is 0 Å². The molecule has 0 saturated carbocycles. The molecule has 0 atom stereocenters. The second-order valence-corrected chi connectivity index (χ2v) is 3.99. The summed E-state index contributed by atoms with van der Waals surface area (Å²) in [4.78, 5) is 27.5. The molecule has 0 aliphatic rings. The van der Waals surface area contributed by atoms with Crippen LogP contribution in [0.3, 0.4) is 0 Å². The van der Waals surface area contributed by atoms with Crippen LogP contribution in [0.2, 0.25) is 0 Å². The summed E-state index contributed by atoms with van der Waals surface area (Å²) in [6, 6.07) is 0. The summed E-state index contributed by atoms with van der Waals surface area (Å²) in [7, 11) is 0. The normalized spacial score (nSPS) is 10.1. The van der Waals surface area contributed by atoms with Gasteiger partial charge in [0.05, 0.1) is 6.42 Å². The highest BCUT2D eigenvalue weighted by Gasteiger charge is 2.17. The molecule has 0 aromatic carbocycles. The van der Waals surface area contributed by atoms with E-state index in [0.29, 0.717) is 11.7 Å². The molecule has 0 aliphatic heterocycles. The molecule has 6 nitrogen and oxygen atoms in total. The molecule has 1 heterocycles. The zero-order valence-electron chi connectivity index (χ0n) is 8.84. The Bertz CT molecular complexity index is 391. The van der Waals surface area contributed by atoms with E-state index in [0.717, 1.165) is 0 Å². The number of carbonyl (C=O) groups excluding carboxylic acids is 1. The van der Waals surface area contributed by atoms with Gasteiger partial charge < -0.3 is 15.7 Å². The lowest BCUT2D eigenvalue weighted by atomic mass is 10.3. The lowest BCUT2D eigenvalue weighted by Crippen LogP contribution is -2.33. The topological polar surface area (TPSA) is 96.5 Å². The molecule has 7 heteroatoms. The second kappa shape index (κ2) is 5.45. The number of aromatic nitrogens is 1. The van der Waals surface area contributed by atoms with E-state index in [4.69, 9.17) is 10.8 Å². The Morgan fingerprint density at radius 2 is 2.31 bits per heavy atom. The van der Waals surface area contributed by atoms with Crippen molar-refractivity contribution >= 4 is 28.3 Å². The summed E-state index contributed by atoms with van der Waals surface area (Å²) in [5.74, 6) is -1.21. The summed E-state index contributed by atoms with van der Waals surface area (Å²) in [6.07, 6.45) is -0.0702. The number of hydrogen-bond donors (Lipinski definition) is 2. The molecular formula is C9H13N3O3S. The number of nitrogen functional groups attached to an aromatic ring is 1. The van der Waals surface area contributed by atoms with E-state index in [-0.39, 0.29) is 24.6 Å². The predicted molar refractivity (Wildman–Crippen MR) is 60.4 cm³/mol. The van der Waals surface area contributed by atoms with Crippen molar-refractivity contribution in [3.8, 4) is 0 Å². The number of hydrogen-bond acceptors (Lipinski definition) is 5. The molecule has 1 aromatic heterocycles. The first-order valence-electron chi connectivity index (χ1n) is 4.76. The molecule has 0 bridgehead atoms. The summed E-state index contributed by atoms with van der Waals surface area (Å²) in [6.45, 7) is 2.42. The van der Waals surface area contributed by atoms with E-state index in [1.807, 2.05) is 0 Å². The van der Waals surface area contributed by atoms with Crippen molar-refractivity contribution in [1.29, 1.82) is 0 Å². The summed E-state index contributed by atoms with van der Waals surface area (Å²) < 4.78 is 0. The van der Waals surface area contributed by atoms with Crippen molar-refractivity contribution < 1.29 is 14.7 Å². The van der Waals surface area contributed by atoms with Crippen molar-refractivity contribution in [3.05, 3.63) is 11.1 Å². The van der Waals surface area contributed by atoms with Gasteiger partial charge in [-0.15, -0.1) is 11.3 Å². The Hall–Kier alpha value is -1.63. The van der Waals surface area contributed by atoms with Crippen LogP contribution in [0.1, 0.15) is 23.8 Å². The Balaban J connectivity index is 2.66. The molecule has 0 radical (unpaired) electrons. The first-order chi connectivity index (χ1) is 7.54. The van der Waals surface area contributed by atoms with E-state index in [1.165, 1.54) is 16.2 Å². The number of carboxylic acids is 1. The quantitative estimate of drug-likeness (QED) is 0.792. The maximum Gasteiger partial charge on any atom is 0.305 e. The van der Waals surface area contributed by atoms with Gasteiger partial charge in [-0.1, -0.05) is 0 Å². The Morgan fingerprint density at radius 1 is 1.62 bits per heavy atom. The van der Waals surface area contributed by atoms with Crippen LogP contribution < -0.4 is 5.73 Å². The number of aliphatic carboxylic acids is 1. The molecule has 16 heavy (non-hydrogen) atoms. The largest absolute Gasteiger partial charge is 0.481 e. The Labute approximate surface area is 96.7 Å². The molecule has 0 saturated heterocycles. The van der Waals surface area contributed by atoms with E-state index < -0.39 is 5.97 Å². The minimum atomic E-state index is -0.927. The molecular weight excluding hydrogens is 230 g/mol. The number of rotatable bonds is 5. The maximum atomic E-state index is 11.8. The van der Waals surface area contributed by atoms with Crippen LogP contribution in [-0.4, -0.2) is 40.0 Å². The highest BCUT2D eigenvalue weighted by atomic mass is 32.1. The first-order valence-corrected chi connectivity index (χ1v) is 5.64. The van der Waals surface area contributed by atoms with Crippen molar-refractivity contribution in [2.24, 2.45) is 0 Å². The van der Waals surface area contributed by atoms with E-state index >= 15 is 0 Å². The highest BCUT2D eigenvalue weighted by Crippen LogP contribution is 2.13. The molecule has 88 valence electrons. The van der Waals surface area contributed by atoms with Crippen LogP contribution in [0.5, 0.6) is 0 Å². The van der Waals surface area contributed by atoms with Gasteiger partial charge in [0.25, 0.3) is 5.91 Å². The number of nitrogens with two attached hydrogens (primary N) is 1. The van der Waals surface area contributed by atoms with Gasteiger partial charge in [-0.3, -0.25) is 9.59 Å². The molecule has 0 unspecified atom stereocenters. The van der Waals surface area contributed by atoms with Crippen LogP contribution in [0.25, 0.3) is 0 Å². The number of amides is 1. The van der Waals surface area contributed by atoms with Crippen LogP contribution in [0.4, 0.5) is 5.13 Å². The minimum absolute atomic E-state index is 0.0702. The number of carbonyl (C=O) groups is 2. The fourth-order valence-electron chi connectivity index (χ4n) is 1.18. The third-order valence-corrected chi connectivity index (χ3v) is 2.68. The molecule has 0 spiro atoms. The van der Waals surface area contributed by atoms with Crippen molar-refractivity contribution in [1.82, 2.24) is 9.88 Å². The molecule has 1 aromatic rings. The van der Waals surface area contributed by atoms with Gasteiger partial charge in [0, 0.05) is 18.5 Å². The van der Waals surface area contributed by atoms with Gasteiger partial charge in [0.15, 0.2) is 5.13 Å². The van der Waals surface area contributed by atoms with Crippen molar-refractivity contribution in [3.63, 3.8) is 0 Å². The number of anilines is 1. The van der Waals surface area contributed by atoms with Crippen molar-refractivity contribution in [2.75, 3.05) is 18.8 Å². The zero-order chi connectivity index (χ0) is 12.1. The van der Waals surface area contributed by atoms with E-state index in [2.05, 4.69) is 4.98 Å². The molecule has 1 amide bonds. The fourth-order valence-corrected chi connectivity index (χ4v) is 1.72. The zero-order valence-corrected chi connectivity index (χ0v) is 9.66. The van der Waals surface area contributed by atoms with Crippen molar-refractivity contribution in [2.45, 2.75) is 13.3 Å². The van der Waals surface area contributed by atoms with E-state index in [9.17, 15) is 9.59 Å². The molecule has 0 aliphatic carbocycles. The molecule has 3 N–H and O–H groups in total. The fraction of sp³-hybridized carbons (Fsp3) is 0.444. The lowest BCUT2D eigenvalue weighted by Gasteiger charge is -2.18. The average molecular weight is 243 g/mol. The summed E-state index contributed by atoms with van der Waals surface area (Å²) >= 11 is 1.19. The van der Waals surface area contributed by atoms with Crippen LogP contribution >= 0.6 is 11.3 Å². The molecule has 1 rings (SSSR count). The predicted octanol–water partition coefficient (Wildman–Crippen LogP) is 0.662. The number of nitrogens with zero attached hydrogens (tertiary/aromatic N) is 2. The lowest BCUT2D eigenvalue weighted by molar-refractivity contribution is -0.137. The SMILES string of the molecule is CCN(CCC(=O)O)C(=O)c1csc(N)n1. The highest BCUT2D eigenvalue weighted by molar-refractivity contribution is 7.13. The third-order valence-electron chi connectivity index (χ3n) is 2.01. The summed E-state index contributed by atoms with van der Waals surface area (Å²) in [5.41, 5.74) is 5.70. The van der Waals surface area contributed by atoms with Crippen LogP contribution in [-0.2, 0) is 4.79 Å². The smallest absolute Gasteiger partial charge is 0.305 e. The third kappa shape index (κ3) is 3.20. The van der Waals surface area contributed by atoms with Crippen LogP contribution in [0, 0.1) is 0 Å².